The zero-order valence-electron chi connectivity index (χ0n) is 26.7. The monoisotopic (exact) mass is 606 g/mol. The Labute approximate surface area is 270 Å². The number of ether oxygens (including phenoxy) is 2. The van der Waals surface area contributed by atoms with E-state index in [4.69, 9.17) is 9.47 Å². The summed E-state index contributed by atoms with van der Waals surface area (Å²) in [6.07, 6.45) is 1.82. The summed E-state index contributed by atoms with van der Waals surface area (Å²) in [5.41, 5.74) is 5.95. The second-order valence-electron chi connectivity index (χ2n) is 12.4. The summed E-state index contributed by atoms with van der Waals surface area (Å²) < 4.78 is 11.0. The van der Waals surface area contributed by atoms with Crippen molar-refractivity contribution in [3.8, 4) is 11.5 Å². The highest BCUT2D eigenvalue weighted by atomic mass is 16.5. The van der Waals surface area contributed by atoms with Crippen LogP contribution in [0.3, 0.4) is 0 Å². The Morgan fingerprint density at radius 3 is 1.09 bits per heavy atom. The molecule has 0 heterocycles. The molecule has 0 bridgehead atoms. The lowest BCUT2D eigenvalue weighted by Gasteiger charge is -2.36. The number of methoxy groups -OCH3 is 2. The standard InChI is InChI=1S/C42H38O4/c1-27-5-13-31(14-6-27)41(43,32-15-7-28(2)8-16-32)37-25-11-29-9-10-30-12-26-38(40(37)39(29)30)42(44,33-17-21-35(45-3)22-18-33)34-19-23-36(46-4)24-20-34/h5-8,11-26,43-44H,9-10H2,1-4H3. The number of rotatable bonds is 8. The van der Waals surface area contributed by atoms with Crippen molar-refractivity contribution in [2.24, 2.45) is 0 Å². The molecule has 6 aromatic rings. The lowest BCUT2D eigenvalue weighted by Crippen LogP contribution is -2.32. The molecule has 230 valence electrons. The van der Waals surface area contributed by atoms with Crippen LogP contribution in [0.2, 0.25) is 0 Å². The highest BCUT2D eigenvalue weighted by molar-refractivity contribution is 5.98. The smallest absolute Gasteiger partial charge is 0.141 e. The normalized spacial score (nSPS) is 12.8. The minimum atomic E-state index is -1.57. The van der Waals surface area contributed by atoms with Gasteiger partial charge in [0, 0.05) is 11.1 Å². The van der Waals surface area contributed by atoms with Crippen LogP contribution < -0.4 is 9.47 Å². The zero-order valence-corrected chi connectivity index (χ0v) is 26.7. The molecule has 0 saturated heterocycles. The van der Waals surface area contributed by atoms with Gasteiger partial charge in [0.1, 0.15) is 22.7 Å². The summed E-state index contributed by atoms with van der Waals surface area (Å²) in [5.74, 6) is 1.41. The maximum absolute atomic E-state index is 13.3. The van der Waals surface area contributed by atoms with E-state index in [1.54, 1.807) is 14.2 Å². The average molecular weight is 607 g/mol. The minimum absolute atomic E-state index is 0.692. The van der Waals surface area contributed by atoms with Gasteiger partial charge < -0.3 is 19.7 Å². The fourth-order valence-corrected chi connectivity index (χ4v) is 7.14. The van der Waals surface area contributed by atoms with Crippen LogP contribution in [0.5, 0.6) is 11.5 Å². The van der Waals surface area contributed by atoms with Crippen LogP contribution in [0.4, 0.5) is 0 Å². The van der Waals surface area contributed by atoms with E-state index < -0.39 is 11.2 Å². The molecular weight excluding hydrogens is 568 g/mol. The van der Waals surface area contributed by atoms with Crippen molar-refractivity contribution in [2.45, 2.75) is 37.9 Å². The van der Waals surface area contributed by atoms with Crippen LogP contribution in [0.15, 0.2) is 121 Å². The minimum Gasteiger partial charge on any atom is -0.497 e. The average Bonchev–Trinajstić information content (AvgIpc) is 3.53. The first-order valence-corrected chi connectivity index (χ1v) is 15.7. The van der Waals surface area contributed by atoms with Gasteiger partial charge in [-0.1, -0.05) is 108 Å². The van der Waals surface area contributed by atoms with E-state index in [-0.39, 0.29) is 0 Å². The molecule has 0 fully saturated rings. The van der Waals surface area contributed by atoms with Gasteiger partial charge in [-0.25, -0.2) is 0 Å². The first-order valence-electron chi connectivity index (χ1n) is 15.7. The van der Waals surface area contributed by atoms with Gasteiger partial charge >= 0.3 is 0 Å². The van der Waals surface area contributed by atoms with Gasteiger partial charge in [0.2, 0.25) is 0 Å². The highest BCUT2D eigenvalue weighted by Gasteiger charge is 2.42. The lowest BCUT2D eigenvalue weighted by molar-refractivity contribution is 0.122. The molecule has 46 heavy (non-hydrogen) atoms. The Bertz CT molecular complexity index is 1920. The number of aliphatic hydroxyl groups is 2. The summed E-state index contributed by atoms with van der Waals surface area (Å²) in [6.45, 7) is 4.10. The third kappa shape index (κ3) is 4.68. The van der Waals surface area contributed by atoms with Gasteiger partial charge in [-0.15, -0.1) is 0 Å². The van der Waals surface area contributed by atoms with Crippen molar-refractivity contribution in [1.82, 2.24) is 0 Å². The number of hydrogen-bond donors (Lipinski definition) is 2. The first-order chi connectivity index (χ1) is 22.3. The Kier molecular flexibility index (Phi) is 7.43. The Morgan fingerprint density at radius 2 is 0.761 bits per heavy atom. The maximum atomic E-state index is 13.3. The van der Waals surface area contributed by atoms with Gasteiger partial charge in [-0.05, 0) is 95.1 Å². The summed E-state index contributed by atoms with van der Waals surface area (Å²) in [7, 11) is 3.27. The topological polar surface area (TPSA) is 58.9 Å². The molecule has 1 aliphatic carbocycles. The summed E-state index contributed by atoms with van der Waals surface area (Å²) in [5, 5.41) is 28.5. The predicted molar refractivity (Wildman–Crippen MR) is 184 cm³/mol. The van der Waals surface area contributed by atoms with Crippen molar-refractivity contribution >= 4 is 10.8 Å². The van der Waals surface area contributed by atoms with Crippen LogP contribution in [0.25, 0.3) is 10.8 Å². The number of hydrogen-bond acceptors (Lipinski definition) is 4. The molecule has 1 aliphatic rings. The van der Waals surface area contributed by atoms with E-state index in [9.17, 15) is 10.2 Å². The first kappa shape index (κ1) is 29.8. The SMILES string of the molecule is COc1ccc(C(O)(c2ccc(OC)cc2)c2ccc3c4c(ccc(C(O)(c5ccc(C)cc5)c5ccc(C)cc5)c24)CC3)cc1. The van der Waals surface area contributed by atoms with Crippen LogP contribution >= 0.6 is 0 Å². The molecule has 7 rings (SSSR count). The fraction of sp³-hybridized carbons (Fsp3) is 0.190. The second kappa shape index (κ2) is 11.5. The Balaban J connectivity index is 1.60. The Hall–Kier alpha value is -4.90. The summed E-state index contributed by atoms with van der Waals surface area (Å²) in [4.78, 5) is 0. The van der Waals surface area contributed by atoms with Crippen molar-refractivity contribution < 1.29 is 19.7 Å². The predicted octanol–water partition coefficient (Wildman–Crippen LogP) is 8.14. The van der Waals surface area contributed by atoms with Crippen molar-refractivity contribution in [1.29, 1.82) is 0 Å². The maximum Gasteiger partial charge on any atom is 0.141 e. The molecule has 0 aromatic heterocycles. The Morgan fingerprint density at radius 1 is 0.435 bits per heavy atom. The molecule has 2 N–H and O–H groups in total. The van der Waals surface area contributed by atoms with E-state index >= 15 is 0 Å². The molecule has 0 radical (unpaired) electrons. The van der Waals surface area contributed by atoms with Gasteiger partial charge in [0.25, 0.3) is 0 Å². The quantitative estimate of drug-likeness (QED) is 0.172. The fourth-order valence-electron chi connectivity index (χ4n) is 7.14. The van der Waals surface area contributed by atoms with Crippen LogP contribution in [-0.2, 0) is 24.0 Å². The molecule has 0 amide bonds. The second-order valence-corrected chi connectivity index (χ2v) is 12.4. The summed E-state index contributed by atoms with van der Waals surface area (Å²) >= 11 is 0. The van der Waals surface area contributed by atoms with Gasteiger partial charge in [-0.3, -0.25) is 0 Å². The molecule has 0 unspecified atom stereocenters. The van der Waals surface area contributed by atoms with Crippen LogP contribution in [0.1, 0.15) is 55.6 Å². The largest absolute Gasteiger partial charge is 0.497 e. The lowest BCUT2D eigenvalue weighted by atomic mass is 9.72. The molecule has 4 nitrogen and oxygen atoms in total. The van der Waals surface area contributed by atoms with E-state index in [0.29, 0.717) is 28.2 Å². The molecule has 0 atom stereocenters. The molecule has 4 heteroatoms. The number of benzene rings is 6. The van der Waals surface area contributed by atoms with Crippen molar-refractivity contribution in [2.75, 3.05) is 14.2 Å². The van der Waals surface area contributed by atoms with E-state index in [1.165, 1.54) is 11.1 Å². The third-order valence-corrected chi connectivity index (χ3v) is 9.73. The van der Waals surface area contributed by atoms with Crippen molar-refractivity contribution in [3.05, 3.63) is 177 Å². The summed E-state index contributed by atoms with van der Waals surface area (Å²) in [6, 6.07) is 39.8. The van der Waals surface area contributed by atoms with E-state index in [0.717, 1.165) is 51.4 Å². The van der Waals surface area contributed by atoms with Gasteiger partial charge in [-0.2, -0.15) is 0 Å². The molecule has 0 spiro atoms. The molecule has 6 aromatic carbocycles. The van der Waals surface area contributed by atoms with Gasteiger partial charge in [0.15, 0.2) is 0 Å². The van der Waals surface area contributed by atoms with Gasteiger partial charge in [0.05, 0.1) is 14.2 Å². The van der Waals surface area contributed by atoms with E-state index in [1.807, 2.05) is 97.1 Å². The van der Waals surface area contributed by atoms with E-state index in [2.05, 4.69) is 38.1 Å². The van der Waals surface area contributed by atoms with Crippen LogP contribution in [-0.4, -0.2) is 24.4 Å². The highest BCUT2D eigenvalue weighted by Crippen LogP contribution is 2.49. The molecule has 0 saturated carbocycles. The molecular formula is C42H38O4. The van der Waals surface area contributed by atoms with Crippen LogP contribution in [0, 0.1) is 13.8 Å². The zero-order chi connectivity index (χ0) is 32.1. The molecule has 0 aliphatic heterocycles. The number of aryl methyl sites for hydroxylation is 4. The third-order valence-electron chi connectivity index (χ3n) is 9.73. The van der Waals surface area contributed by atoms with Crippen molar-refractivity contribution in [3.63, 3.8) is 0 Å².